The Labute approximate surface area is 164 Å². The van der Waals surface area contributed by atoms with Gasteiger partial charge in [-0.15, -0.1) is 0 Å². The summed E-state index contributed by atoms with van der Waals surface area (Å²) >= 11 is 1.73. The van der Waals surface area contributed by atoms with Crippen LogP contribution < -0.4 is 4.90 Å². The van der Waals surface area contributed by atoms with Gasteiger partial charge in [-0.05, 0) is 59.5 Å². The largest absolute Gasteiger partial charge is 0.336 e. The molecule has 0 radical (unpaired) electrons. The molecule has 142 valence electrons. The first kappa shape index (κ1) is 18.2. The van der Waals surface area contributed by atoms with E-state index in [0.717, 1.165) is 57.8 Å². The van der Waals surface area contributed by atoms with Crippen molar-refractivity contribution < 1.29 is 9.59 Å². The van der Waals surface area contributed by atoms with Crippen molar-refractivity contribution in [2.24, 2.45) is 0 Å². The Hall–Kier alpha value is -2.18. The van der Waals surface area contributed by atoms with Gasteiger partial charge < -0.3 is 9.80 Å². The van der Waals surface area contributed by atoms with Crippen molar-refractivity contribution in [3.05, 3.63) is 52.2 Å². The molecule has 0 aliphatic carbocycles. The number of benzene rings is 1. The minimum absolute atomic E-state index is 0.0849. The average Bonchev–Trinajstić information content (AvgIpc) is 3.22. The standard InChI is InChI=1S/C21H25N3O2S/c25-20-3-1-2-9-24(20)19-6-4-18(5-7-19)21(26)23-12-10-22(11-13-23)15-17-8-14-27-16-17/h4-8,14,16H,1-3,9-13,15H2. The summed E-state index contributed by atoms with van der Waals surface area (Å²) in [6.45, 7) is 5.07. The third-order valence-electron chi connectivity index (χ3n) is 5.40. The summed E-state index contributed by atoms with van der Waals surface area (Å²) in [6, 6.07) is 9.69. The highest BCUT2D eigenvalue weighted by Crippen LogP contribution is 2.22. The highest BCUT2D eigenvalue weighted by molar-refractivity contribution is 7.07. The molecule has 2 saturated heterocycles. The van der Waals surface area contributed by atoms with Crippen LogP contribution in [0.5, 0.6) is 0 Å². The number of hydrogen-bond donors (Lipinski definition) is 0. The van der Waals surface area contributed by atoms with E-state index in [1.807, 2.05) is 34.1 Å². The molecule has 2 aliphatic rings. The van der Waals surface area contributed by atoms with Crippen LogP contribution in [-0.2, 0) is 11.3 Å². The maximum Gasteiger partial charge on any atom is 0.253 e. The van der Waals surface area contributed by atoms with Gasteiger partial charge in [0.15, 0.2) is 0 Å². The predicted molar refractivity (Wildman–Crippen MR) is 108 cm³/mol. The highest BCUT2D eigenvalue weighted by atomic mass is 32.1. The Morgan fingerprint density at radius 2 is 1.74 bits per heavy atom. The van der Waals surface area contributed by atoms with Crippen LogP contribution in [0.25, 0.3) is 0 Å². The van der Waals surface area contributed by atoms with E-state index in [1.165, 1.54) is 5.56 Å². The number of piperidine rings is 1. The van der Waals surface area contributed by atoms with Crippen molar-refractivity contribution in [1.82, 2.24) is 9.80 Å². The quantitative estimate of drug-likeness (QED) is 0.814. The van der Waals surface area contributed by atoms with Gasteiger partial charge in [-0.2, -0.15) is 11.3 Å². The molecule has 0 atom stereocenters. The third-order valence-corrected chi connectivity index (χ3v) is 6.13. The first-order chi connectivity index (χ1) is 13.2. The highest BCUT2D eigenvalue weighted by Gasteiger charge is 2.23. The molecule has 1 aromatic heterocycles. The van der Waals surface area contributed by atoms with Crippen molar-refractivity contribution in [2.75, 3.05) is 37.6 Å². The van der Waals surface area contributed by atoms with E-state index in [9.17, 15) is 9.59 Å². The molecule has 0 N–H and O–H groups in total. The number of carbonyl (C=O) groups excluding carboxylic acids is 2. The van der Waals surface area contributed by atoms with Gasteiger partial charge in [0.2, 0.25) is 5.91 Å². The Morgan fingerprint density at radius 1 is 0.963 bits per heavy atom. The third kappa shape index (κ3) is 4.22. The van der Waals surface area contributed by atoms with Gasteiger partial charge in [-0.1, -0.05) is 0 Å². The predicted octanol–water partition coefficient (Wildman–Crippen LogP) is 3.22. The second-order valence-corrected chi connectivity index (χ2v) is 8.03. The second-order valence-electron chi connectivity index (χ2n) is 7.25. The SMILES string of the molecule is O=C(c1ccc(N2CCCCC2=O)cc1)N1CCN(Cc2ccsc2)CC1. The Kier molecular flexibility index (Phi) is 5.55. The molecule has 0 unspecified atom stereocenters. The number of nitrogens with zero attached hydrogens (tertiary/aromatic N) is 3. The van der Waals surface area contributed by atoms with E-state index in [4.69, 9.17) is 0 Å². The molecule has 0 saturated carbocycles. The Bertz CT molecular complexity index is 780. The minimum Gasteiger partial charge on any atom is -0.336 e. The lowest BCUT2D eigenvalue weighted by molar-refractivity contribution is -0.119. The first-order valence-electron chi connectivity index (χ1n) is 9.64. The normalized spacial score (nSPS) is 18.7. The summed E-state index contributed by atoms with van der Waals surface area (Å²) in [6.07, 6.45) is 2.64. The molecular formula is C21H25N3O2S. The molecule has 2 aliphatic heterocycles. The zero-order chi connectivity index (χ0) is 18.6. The lowest BCUT2D eigenvalue weighted by Gasteiger charge is -2.34. The molecule has 3 heterocycles. The van der Waals surface area contributed by atoms with Crippen LogP contribution >= 0.6 is 11.3 Å². The molecule has 1 aromatic carbocycles. The molecule has 27 heavy (non-hydrogen) atoms. The van der Waals surface area contributed by atoms with E-state index < -0.39 is 0 Å². The molecule has 2 fully saturated rings. The number of anilines is 1. The number of piperazine rings is 1. The summed E-state index contributed by atoms with van der Waals surface area (Å²) in [4.78, 5) is 31.0. The van der Waals surface area contributed by atoms with Crippen molar-refractivity contribution in [2.45, 2.75) is 25.8 Å². The fourth-order valence-corrected chi connectivity index (χ4v) is 4.46. The zero-order valence-electron chi connectivity index (χ0n) is 15.5. The van der Waals surface area contributed by atoms with E-state index in [0.29, 0.717) is 12.0 Å². The zero-order valence-corrected chi connectivity index (χ0v) is 16.3. The van der Waals surface area contributed by atoms with Gasteiger partial charge in [-0.3, -0.25) is 14.5 Å². The van der Waals surface area contributed by atoms with Gasteiger partial charge in [0, 0.05) is 56.9 Å². The van der Waals surface area contributed by atoms with Crippen molar-refractivity contribution in [3.63, 3.8) is 0 Å². The minimum atomic E-state index is 0.0849. The van der Waals surface area contributed by atoms with Gasteiger partial charge >= 0.3 is 0 Å². The molecule has 5 nitrogen and oxygen atoms in total. The Morgan fingerprint density at radius 3 is 2.41 bits per heavy atom. The topological polar surface area (TPSA) is 43.9 Å². The van der Waals surface area contributed by atoms with Crippen molar-refractivity contribution in [3.8, 4) is 0 Å². The van der Waals surface area contributed by atoms with Crippen LogP contribution in [0, 0.1) is 0 Å². The molecular weight excluding hydrogens is 358 g/mol. The van der Waals surface area contributed by atoms with Crippen LogP contribution in [0.2, 0.25) is 0 Å². The van der Waals surface area contributed by atoms with Gasteiger partial charge in [0.05, 0.1) is 0 Å². The van der Waals surface area contributed by atoms with Gasteiger partial charge in [0.1, 0.15) is 0 Å². The number of rotatable bonds is 4. The van der Waals surface area contributed by atoms with Gasteiger partial charge in [-0.25, -0.2) is 0 Å². The van der Waals surface area contributed by atoms with Crippen LogP contribution in [0.3, 0.4) is 0 Å². The summed E-state index contributed by atoms with van der Waals surface area (Å²) in [5.74, 6) is 0.267. The summed E-state index contributed by atoms with van der Waals surface area (Å²) in [7, 11) is 0. The molecule has 2 amide bonds. The number of amides is 2. The monoisotopic (exact) mass is 383 g/mol. The lowest BCUT2D eigenvalue weighted by Crippen LogP contribution is -2.48. The van der Waals surface area contributed by atoms with E-state index in [1.54, 1.807) is 11.3 Å². The first-order valence-corrected chi connectivity index (χ1v) is 10.6. The molecule has 4 rings (SSSR count). The smallest absolute Gasteiger partial charge is 0.253 e. The van der Waals surface area contributed by atoms with Crippen molar-refractivity contribution >= 4 is 28.8 Å². The van der Waals surface area contributed by atoms with Crippen LogP contribution in [0.4, 0.5) is 5.69 Å². The molecule has 2 aromatic rings. The molecule has 6 heteroatoms. The van der Waals surface area contributed by atoms with Crippen LogP contribution in [0.1, 0.15) is 35.2 Å². The summed E-state index contributed by atoms with van der Waals surface area (Å²) < 4.78 is 0. The van der Waals surface area contributed by atoms with E-state index >= 15 is 0 Å². The summed E-state index contributed by atoms with van der Waals surface area (Å²) in [5, 5.41) is 4.29. The summed E-state index contributed by atoms with van der Waals surface area (Å²) in [5.41, 5.74) is 2.95. The van der Waals surface area contributed by atoms with E-state index in [-0.39, 0.29) is 11.8 Å². The van der Waals surface area contributed by atoms with Gasteiger partial charge in [0.25, 0.3) is 5.91 Å². The lowest BCUT2D eigenvalue weighted by atomic mass is 10.1. The molecule has 0 bridgehead atoms. The number of hydrogen-bond acceptors (Lipinski definition) is 4. The average molecular weight is 384 g/mol. The van der Waals surface area contributed by atoms with Crippen molar-refractivity contribution in [1.29, 1.82) is 0 Å². The maximum absolute atomic E-state index is 12.8. The van der Waals surface area contributed by atoms with Crippen LogP contribution in [-0.4, -0.2) is 54.3 Å². The number of carbonyl (C=O) groups is 2. The Balaban J connectivity index is 1.34. The fraction of sp³-hybridized carbons (Fsp3) is 0.429. The maximum atomic E-state index is 12.8. The fourth-order valence-electron chi connectivity index (χ4n) is 3.80. The van der Waals surface area contributed by atoms with Crippen LogP contribution in [0.15, 0.2) is 41.1 Å². The number of thiophene rings is 1. The molecule has 0 spiro atoms. The second kappa shape index (κ2) is 8.23. The van der Waals surface area contributed by atoms with E-state index in [2.05, 4.69) is 21.7 Å².